The molecule has 2 N–H and O–H groups in total. The highest BCUT2D eigenvalue weighted by molar-refractivity contribution is 5.84. The van der Waals surface area contributed by atoms with E-state index in [1.807, 2.05) is 24.3 Å². The van der Waals surface area contributed by atoms with E-state index in [0.29, 0.717) is 19.7 Å². The molecule has 7 nitrogen and oxygen atoms in total. The van der Waals surface area contributed by atoms with Gasteiger partial charge in [0.1, 0.15) is 12.4 Å². The van der Waals surface area contributed by atoms with Crippen LogP contribution < -0.4 is 10.1 Å². The lowest BCUT2D eigenvalue weighted by Gasteiger charge is -2.11. The highest BCUT2D eigenvalue weighted by atomic mass is 16.5. The van der Waals surface area contributed by atoms with Crippen LogP contribution in [0.3, 0.4) is 0 Å². The number of carboxylic acid groups (broad SMARTS) is 1. The minimum Gasteiger partial charge on any atom is -0.491 e. The number of hydrogen-bond acceptors (Lipinski definition) is 5. The maximum atomic E-state index is 10.7. The minimum atomic E-state index is -1.07. The van der Waals surface area contributed by atoms with Crippen molar-refractivity contribution in [3.05, 3.63) is 41.7 Å². The van der Waals surface area contributed by atoms with Gasteiger partial charge in [0, 0.05) is 12.1 Å². The van der Waals surface area contributed by atoms with Crippen LogP contribution in [-0.2, 0) is 6.54 Å². The largest absolute Gasteiger partial charge is 0.491 e. The fourth-order valence-electron chi connectivity index (χ4n) is 2.19. The predicted octanol–water partition coefficient (Wildman–Crippen LogP) is 0.700. The molecule has 1 unspecified atom stereocenters. The Morgan fingerprint density at radius 1 is 1.50 bits per heavy atom. The van der Waals surface area contributed by atoms with E-state index < -0.39 is 5.97 Å². The first kappa shape index (κ1) is 12.6. The third kappa shape index (κ3) is 2.48. The zero-order chi connectivity index (χ0) is 13.9. The van der Waals surface area contributed by atoms with E-state index in [1.165, 1.54) is 10.9 Å². The second kappa shape index (κ2) is 5.30. The van der Waals surface area contributed by atoms with Gasteiger partial charge in [-0.3, -0.25) is 4.68 Å². The number of carbonyl (C=O) groups is 1. The Kier molecular flexibility index (Phi) is 3.34. The molecule has 1 aliphatic rings. The lowest BCUT2D eigenvalue weighted by Crippen LogP contribution is -2.26. The van der Waals surface area contributed by atoms with E-state index in [2.05, 4.69) is 15.6 Å². The number of benzene rings is 1. The van der Waals surface area contributed by atoms with E-state index in [9.17, 15) is 4.79 Å². The highest BCUT2D eigenvalue weighted by Gasteiger charge is 2.22. The molecule has 104 valence electrons. The number of aromatic nitrogens is 3. The van der Waals surface area contributed by atoms with Crippen LogP contribution in [0.2, 0.25) is 0 Å². The molecule has 0 saturated carbocycles. The molecular weight excluding hydrogens is 260 g/mol. The van der Waals surface area contributed by atoms with Crippen LogP contribution in [-0.4, -0.2) is 39.2 Å². The van der Waals surface area contributed by atoms with Crippen LogP contribution in [0.4, 0.5) is 0 Å². The molecule has 1 aromatic carbocycles. The second-order valence-electron chi connectivity index (χ2n) is 4.53. The number of ether oxygens (including phenoxy) is 1. The maximum absolute atomic E-state index is 10.7. The quantitative estimate of drug-likeness (QED) is 0.834. The molecule has 2 aromatic rings. The van der Waals surface area contributed by atoms with Crippen molar-refractivity contribution in [1.29, 1.82) is 0 Å². The molecule has 0 aliphatic carbocycles. The van der Waals surface area contributed by atoms with Gasteiger partial charge in [0.15, 0.2) is 5.69 Å². The monoisotopic (exact) mass is 274 g/mol. The molecule has 20 heavy (non-hydrogen) atoms. The van der Waals surface area contributed by atoms with Crippen molar-refractivity contribution in [2.45, 2.75) is 12.6 Å². The fraction of sp³-hybridized carbons (Fsp3) is 0.308. The van der Waals surface area contributed by atoms with Crippen LogP contribution >= 0.6 is 0 Å². The van der Waals surface area contributed by atoms with Gasteiger partial charge in [0.25, 0.3) is 0 Å². The maximum Gasteiger partial charge on any atom is 0.358 e. The van der Waals surface area contributed by atoms with Crippen LogP contribution in [0, 0.1) is 0 Å². The van der Waals surface area contributed by atoms with Crippen molar-refractivity contribution >= 4 is 5.97 Å². The predicted molar refractivity (Wildman–Crippen MR) is 69.7 cm³/mol. The Bertz CT molecular complexity index is 626. The summed E-state index contributed by atoms with van der Waals surface area (Å²) in [6.07, 6.45) is 1.42. The summed E-state index contributed by atoms with van der Waals surface area (Å²) in [4.78, 5) is 10.7. The van der Waals surface area contributed by atoms with E-state index in [1.54, 1.807) is 0 Å². The van der Waals surface area contributed by atoms with Crippen molar-refractivity contribution in [3.8, 4) is 5.75 Å². The van der Waals surface area contributed by atoms with Gasteiger partial charge in [-0.05, 0) is 6.07 Å². The fourth-order valence-corrected chi connectivity index (χ4v) is 2.19. The van der Waals surface area contributed by atoms with Crippen molar-refractivity contribution in [1.82, 2.24) is 20.3 Å². The van der Waals surface area contributed by atoms with E-state index >= 15 is 0 Å². The summed E-state index contributed by atoms with van der Waals surface area (Å²) in [5, 5.41) is 19.4. The number of nitrogens with zero attached hydrogens (tertiary/aromatic N) is 3. The molecule has 1 aromatic heterocycles. The molecule has 0 spiro atoms. The first-order chi connectivity index (χ1) is 9.74. The summed E-state index contributed by atoms with van der Waals surface area (Å²) in [7, 11) is 0. The number of carboxylic acids is 1. The first-order valence-corrected chi connectivity index (χ1v) is 6.32. The zero-order valence-corrected chi connectivity index (χ0v) is 10.7. The summed E-state index contributed by atoms with van der Waals surface area (Å²) in [5.74, 6) is -0.152. The Labute approximate surface area is 115 Å². The standard InChI is InChI=1S/C13H14N4O3/c18-13(19)10-7-17(16-15-10)6-5-14-11-8-20-12-4-2-1-3-9(11)12/h1-4,7,11,14H,5-6,8H2,(H,18,19). The number of rotatable bonds is 5. The van der Waals surface area contributed by atoms with Gasteiger partial charge < -0.3 is 15.2 Å². The molecule has 1 aliphatic heterocycles. The summed E-state index contributed by atoms with van der Waals surface area (Å²) >= 11 is 0. The van der Waals surface area contributed by atoms with Gasteiger partial charge in [0.05, 0.1) is 18.8 Å². The SMILES string of the molecule is O=C(O)c1cn(CCNC2COc3ccccc32)nn1. The molecule has 0 fully saturated rings. The Balaban J connectivity index is 1.54. The number of aromatic carboxylic acids is 1. The molecule has 7 heteroatoms. The zero-order valence-electron chi connectivity index (χ0n) is 10.7. The van der Waals surface area contributed by atoms with Crippen molar-refractivity contribution in [2.24, 2.45) is 0 Å². The Hall–Kier alpha value is -2.41. The van der Waals surface area contributed by atoms with Gasteiger partial charge in [-0.25, -0.2) is 4.79 Å². The number of para-hydroxylation sites is 1. The molecule has 0 saturated heterocycles. The molecule has 0 amide bonds. The van der Waals surface area contributed by atoms with Crippen LogP contribution in [0.1, 0.15) is 22.1 Å². The number of hydrogen-bond donors (Lipinski definition) is 2. The molecule has 2 heterocycles. The van der Waals surface area contributed by atoms with Crippen LogP contribution in [0.15, 0.2) is 30.5 Å². The number of nitrogens with one attached hydrogen (secondary N) is 1. The molecule has 0 radical (unpaired) electrons. The van der Waals surface area contributed by atoms with Crippen LogP contribution in [0.5, 0.6) is 5.75 Å². The molecule has 3 rings (SSSR count). The smallest absolute Gasteiger partial charge is 0.358 e. The van der Waals surface area contributed by atoms with Crippen LogP contribution in [0.25, 0.3) is 0 Å². The van der Waals surface area contributed by atoms with Gasteiger partial charge in [-0.2, -0.15) is 0 Å². The molecule has 0 bridgehead atoms. The molecular formula is C13H14N4O3. The minimum absolute atomic E-state index is 0.0421. The number of fused-ring (bicyclic) bond motifs is 1. The van der Waals surface area contributed by atoms with Crippen molar-refractivity contribution in [3.63, 3.8) is 0 Å². The summed E-state index contributed by atoms with van der Waals surface area (Å²) in [5.41, 5.74) is 1.11. The summed E-state index contributed by atoms with van der Waals surface area (Å²) in [6, 6.07) is 8.09. The summed E-state index contributed by atoms with van der Waals surface area (Å²) < 4.78 is 7.09. The van der Waals surface area contributed by atoms with Gasteiger partial charge in [0.2, 0.25) is 0 Å². The molecule has 1 atom stereocenters. The van der Waals surface area contributed by atoms with Crippen molar-refractivity contribution in [2.75, 3.05) is 13.2 Å². The van der Waals surface area contributed by atoms with E-state index in [4.69, 9.17) is 9.84 Å². The van der Waals surface area contributed by atoms with E-state index in [-0.39, 0.29) is 11.7 Å². The third-order valence-corrected chi connectivity index (χ3v) is 3.19. The lowest BCUT2D eigenvalue weighted by atomic mass is 10.1. The van der Waals surface area contributed by atoms with Gasteiger partial charge >= 0.3 is 5.97 Å². The third-order valence-electron chi connectivity index (χ3n) is 3.19. The summed E-state index contributed by atoms with van der Waals surface area (Å²) in [6.45, 7) is 1.82. The Morgan fingerprint density at radius 2 is 2.35 bits per heavy atom. The van der Waals surface area contributed by atoms with E-state index in [0.717, 1.165) is 11.3 Å². The highest BCUT2D eigenvalue weighted by Crippen LogP contribution is 2.31. The Morgan fingerprint density at radius 3 is 3.15 bits per heavy atom. The average molecular weight is 274 g/mol. The second-order valence-corrected chi connectivity index (χ2v) is 4.53. The van der Waals surface area contributed by atoms with Crippen molar-refractivity contribution < 1.29 is 14.6 Å². The lowest BCUT2D eigenvalue weighted by molar-refractivity contribution is 0.0690. The first-order valence-electron chi connectivity index (χ1n) is 6.32. The topological polar surface area (TPSA) is 89.3 Å². The van der Waals surface area contributed by atoms with Gasteiger partial charge in [-0.1, -0.05) is 23.4 Å². The van der Waals surface area contributed by atoms with Gasteiger partial charge in [-0.15, -0.1) is 5.10 Å². The average Bonchev–Trinajstić information content (AvgIpc) is 3.06. The normalized spacial score (nSPS) is 16.7.